The van der Waals surface area contributed by atoms with E-state index in [0.717, 1.165) is 15.8 Å². The highest BCUT2D eigenvalue weighted by Crippen LogP contribution is 2.23. The molecule has 0 bridgehead atoms. The van der Waals surface area contributed by atoms with Crippen LogP contribution in [0, 0.1) is 0 Å². The largest absolute Gasteiger partial charge is 0.353 e. The van der Waals surface area contributed by atoms with E-state index in [1.54, 1.807) is 11.0 Å². The quantitative estimate of drug-likeness (QED) is 0.587. The molecule has 0 aliphatic rings. The lowest BCUT2D eigenvalue weighted by atomic mass is 10.2. The minimum absolute atomic E-state index is 0.111. The number of halogens is 2. The van der Waals surface area contributed by atoms with Crippen LogP contribution in [0.5, 0.6) is 0 Å². The number of carbonyl (C=O) groups excluding carboxylic acids is 2. The number of benzene rings is 2. The summed E-state index contributed by atoms with van der Waals surface area (Å²) in [4.78, 5) is 30.5. The number of carbonyl (C=O) groups is 2. The van der Waals surface area contributed by atoms with Crippen LogP contribution in [0.2, 0.25) is 5.02 Å². The van der Waals surface area contributed by atoms with Crippen LogP contribution in [-0.4, -0.2) is 40.7 Å². The Balaban J connectivity index is 1.80. The number of aromatic nitrogens is 1. The molecule has 3 rings (SSSR count). The van der Waals surface area contributed by atoms with E-state index in [4.69, 9.17) is 23.2 Å². The van der Waals surface area contributed by atoms with Crippen LogP contribution in [0.3, 0.4) is 0 Å². The minimum atomic E-state index is -0.271. The van der Waals surface area contributed by atoms with Gasteiger partial charge in [-0.2, -0.15) is 0 Å². The lowest BCUT2D eigenvalue weighted by Crippen LogP contribution is -2.38. The van der Waals surface area contributed by atoms with Gasteiger partial charge in [0.05, 0.1) is 10.2 Å². The minimum Gasteiger partial charge on any atom is -0.353 e. The first-order valence-corrected chi connectivity index (χ1v) is 10.0. The average molecular weight is 422 g/mol. The monoisotopic (exact) mass is 421 g/mol. The molecule has 0 saturated heterocycles. The maximum Gasteiger partial charge on any atom is 0.283 e. The van der Waals surface area contributed by atoms with Gasteiger partial charge in [-0.15, -0.1) is 22.9 Å². The van der Waals surface area contributed by atoms with Gasteiger partial charge >= 0.3 is 0 Å². The number of rotatable bonds is 7. The van der Waals surface area contributed by atoms with Crippen molar-refractivity contribution in [2.45, 2.75) is 6.54 Å². The molecule has 0 radical (unpaired) electrons. The third-order valence-electron chi connectivity index (χ3n) is 3.85. The predicted molar refractivity (Wildman–Crippen MR) is 110 cm³/mol. The SMILES string of the molecule is O=C(CCl)NCCN(Cc1cccc(Cl)c1)C(=O)c1nc2ccccc2s1. The van der Waals surface area contributed by atoms with Crippen molar-refractivity contribution in [3.63, 3.8) is 0 Å². The lowest BCUT2D eigenvalue weighted by molar-refractivity contribution is -0.118. The van der Waals surface area contributed by atoms with Crippen molar-refractivity contribution in [3.05, 3.63) is 64.1 Å². The van der Waals surface area contributed by atoms with Gasteiger partial charge in [0.15, 0.2) is 5.01 Å². The highest BCUT2D eigenvalue weighted by molar-refractivity contribution is 7.20. The van der Waals surface area contributed by atoms with Gasteiger partial charge < -0.3 is 10.2 Å². The fraction of sp³-hybridized carbons (Fsp3) is 0.211. The standard InChI is InChI=1S/C19H17Cl2N3O2S/c20-11-17(25)22-8-9-24(12-13-4-3-5-14(21)10-13)19(26)18-23-15-6-1-2-7-16(15)27-18/h1-7,10H,8-9,11-12H2,(H,22,25). The number of nitrogens with one attached hydrogen (secondary N) is 1. The summed E-state index contributed by atoms with van der Waals surface area (Å²) in [5, 5.41) is 3.71. The van der Waals surface area contributed by atoms with Crippen molar-refractivity contribution in [1.29, 1.82) is 0 Å². The van der Waals surface area contributed by atoms with E-state index in [2.05, 4.69) is 10.3 Å². The fourth-order valence-corrected chi connectivity index (χ4v) is 3.83. The molecule has 140 valence electrons. The molecule has 2 aromatic carbocycles. The van der Waals surface area contributed by atoms with Crippen LogP contribution >= 0.6 is 34.5 Å². The molecule has 8 heteroatoms. The molecular formula is C19H17Cl2N3O2S. The molecule has 3 aromatic rings. The van der Waals surface area contributed by atoms with Gasteiger partial charge in [-0.25, -0.2) is 4.98 Å². The summed E-state index contributed by atoms with van der Waals surface area (Å²) in [5.41, 5.74) is 1.70. The highest BCUT2D eigenvalue weighted by Gasteiger charge is 2.20. The number of alkyl halides is 1. The molecule has 0 saturated carbocycles. The van der Waals surface area contributed by atoms with Crippen LogP contribution in [0.25, 0.3) is 10.2 Å². The lowest BCUT2D eigenvalue weighted by Gasteiger charge is -2.22. The molecule has 0 fully saturated rings. The van der Waals surface area contributed by atoms with Gasteiger partial charge in [0.2, 0.25) is 5.91 Å². The molecule has 1 aromatic heterocycles. The summed E-state index contributed by atoms with van der Waals surface area (Å²) < 4.78 is 0.957. The summed E-state index contributed by atoms with van der Waals surface area (Å²) in [6, 6.07) is 15.0. The Hall–Kier alpha value is -2.15. The Kier molecular flexibility index (Phi) is 6.66. The van der Waals surface area contributed by atoms with Crippen molar-refractivity contribution in [3.8, 4) is 0 Å². The van der Waals surface area contributed by atoms with E-state index in [0.29, 0.717) is 29.7 Å². The first kappa shape index (κ1) is 19.6. The predicted octanol–water partition coefficient (Wildman–Crippen LogP) is 3.95. The van der Waals surface area contributed by atoms with Crippen molar-refractivity contribution in [2.24, 2.45) is 0 Å². The normalized spacial score (nSPS) is 10.7. The Bertz CT molecular complexity index is 928. The van der Waals surface area contributed by atoms with Gasteiger partial charge in [-0.05, 0) is 29.8 Å². The van der Waals surface area contributed by atoms with Gasteiger partial charge in [-0.1, -0.05) is 35.9 Å². The van der Waals surface area contributed by atoms with E-state index in [1.807, 2.05) is 42.5 Å². The number of fused-ring (bicyclic) bond motifs is 1. The maximum absolute atomic E-state index is 13.1. The van der Waals surface area contributed by atoms with Gasteiger partial charge in [0.1, 0.15) is 5.88 Å². The van der Waals surface area contributed by atoms with Gasteiger partial charge in [0.25, 0.3) is 5.91 Å². The number of nitrogens with zero attached hydrogens (tertiary/aromatic N) is 2. The summed E-state index contributed by atoms with van der Waals surface area (Å²) in [6.07, 6.45) is 0. The van der Waals surface area contributed by atoms with E-state index in [1.165, 1.54) is 11.3 Å². The van der Waals surface area contributed by atoms with E-state index in [9.17, 15) is 9.59 Å². The first-order chi connectivity index (χ1) is 13.1. The Morgan fingerprint density at radius 2 is 1.96 bits per heavy atom. The molecule has 0 spiro atoms. The zero-order valence-electron chi connectivity index (χ0n) is 14.3. The molecule has 5 nitrogen and oxygen atoms in total. The second kappa shape index (κ2) is 9.17. The molecule has 2 amide bonds. The fourth-order valence-electron chi connectivity index (χ4n) is 2.58. The summed E-state index contributed by atoms with van der Waals surface area (Å²) in [6.45, 7) is 1.01. The summed E-state index contributed by atoms with van der Waals surface area (Å²) in [7, 11) is 0. The second-order valence-electron chi connectivity index (χ2n) is 5.83. The number of hydrogen-bond acceptors (Lipinski definition) is 4. The third-order valence-corrected chi connectivity index (χ3v) is 5.35. The second-order valence-corrected chi connectivity index (χ2v) is 7.56. The zero-order valence-corrected chi connectivity index (χ0v) is 16.7. The van der Waals surface area contributed by atoms with Crippen LogP contribution in [0.4, 0.5) is 0 Å². The Labute approximate surface area is 170 Å². The molecule has 1 N–H and O–H groups in total. The molecule has 0 aliphatic carbocycles. The molecule has 0 unspecified atom stereocenters. The third kappa shape index (κ3) is 5.19. The molecule has 0 atom stereocenters. The van der Waals surface area contributed by atoms with Crippen LogP contribution in [0.1, 0.15) is 15.4 Å². The summed E-state index contributed by atoms with van der Waals surface area (Å²) >= 11 is 12.9. The van der Waals surface area contributed by atoms with Crippen molar-refractivity contribution >= 4 is 56.6 Å². The van der Waals surface area contributed by atoms with Gasteiger partial charge in [0, 0.05) is 24.7 Å². The summed E-state index contributed by atoms with van der Waals surface area (Å²) in [5.74, 6) is -0.566. The zero-order chi connectivity index (χ0) is 19.2. The van der Waals surface area contributed by atoms with E-state index >= 15 is 0 Å². The van der Waals surface area contributed by atoms with Gasteiger partial charge in [-0.3, -0.25) is 9.59 Å². The smallest absolute Gasteiger partial charge is 0.283 e. The van der Waals surface area contributed by atoms with Crippen molar-refractivity contribution in [2.75, 3.05) is 19.0 Å². The Morgan fingerprint density at radius 3 is 2.70 bits per heavy atom. The first-order valence-electron chi connectivity index (χ1n) is 8.29. The van der Waals surface area contributed by atoms with Crippen LogP contribution < -0.4 is 5.32 Å². The number of hydrogen-bond donors (Lipinski definition) is 1. The molecular weight excluding hydrogens is 405 g/mol. The van der Waals surface area contributed by atoms with Crippen molar-refractivity contribution < 1.29 is 9.59 Å². The molecule has 27 heavy (non-hydrogen) atoms. The number of amides is 2. The van der Waals surface area contributed by atoms with E-state index in [-0.39, 0.29) is 17.7 Å². The van der Waals surface area contributed by atoms with Crippen LogP contribution in [0.15, 0.2) is 48.5 Å². The van der Waals surface area contributed by atoms with E-state index < -0.39 is 0 Å². The Morgan fingerprint density at radius 1 is 1.15 bits per heavy atom. The number of para-hydroxylation sites is 1. The maximum atomic E-state index is 13.1. The van der Waals surface area contributed by atoms with Crippen molar-refractivity contribution in [1.82, 2.24) is 15.2 Å². The highest BCUT2D eigenvalue weighted by atomic mass is 35.5. The molecule has 0 aliphatic heterocycles. The number of thiazole rings is 1. The van der Waals surface area contributed by atoms with Crippen LogP contribution in [-0.2, 0) is 11.3 Å². The molecule has 1 heterocycles. The average Bonchev–Trinajstić information content (AvgIpc) is 3.10. The topological polar surface area (TPSA) is 62.3 Å².